The van der Waals surface area contributed by atoms with Gasteiger partial charge in [0.05, 0.1) is 13.2 Å². The van der Waals surface area contributed by atoms with Crippen LogP contribution in [0.25, 0.3) is 0 Å². The van der Waals surface area contributed by atoms with E-state index in [1.54, 1.807) is 6.07 Å². The standard InChI is InChI=1S/C19H18BrNO3/c20-15-5-6-16-13(11-15)3-1-8-21(16)19(22)14-4-7-17-18(12-14)24-10-2-9-23-17/h4-7,11-12H,1-3,8-10H2. The van der Waals surface area contributed by atoms with Gasteiger partial charge in [-0.2, -0.15) is 0 Å². The molecule has 0 saturated carbocycles. The largest absolute Gasteiger partial charge is 0.490 e. The molecule has 1 amide bonds. The van der Waals surface area contributed by atoms with Crippen molar-refractivity contribution < 1.29 is 14.3 Å². The van der Waals surface area contributed by atoms with E-state index >= 15 is 0 Å². The number of rotatable bonds is 1. The molecule has 0 N–H and O–H groups in total. The number of carbonyl (C=O) groups excluding carboxylic acids is 1. The first-order chi connectivity index (χ1) is 11.7. The Morgan fingerprint density at radius 3 is 2.71 bits per heavy atom. The van der Waals surface area contributed by atoms with Gasteiger partial charge in [0.25, 0.3) is 5.91 Å². The second-order valence-corrected chi connectivity index (χ2v) is 6.96. The van der Waals surface area contributed by atoms with E-state index in [-0.39, 0.29) is 5.91 Å². The SMILES string of the molecule is O=C(c1ccc2c(c1)OCCCO2)N1CCCc2cc(Br)ccc21. The van der Waals surface area contributed by atoms with E-state index in [4.69, 9.17) is 9.47 Å². The highest BCUT2D eigenvalue weighted by molar-refractivity contribution is 9.10. The van der Waals surface area contributed by atoms with Crippen LogP contribution in [0.15, 0.2) is 40.9 Å². The summed E-state index contributed by atoms with van der Waals surface area (Å²) in [7, 11) is 0. The van der Waals surface area contributed by atoms with E-state index in [0.29, 0.717) is 30.3 Å². The van der Waals surface area contributed by atoms with Crippen molar-refractivity contribution in [2.45, 2.75) is 19.3 Å². The van der Waals surface area contributed by atoms with Gasteiger partial charge in [-0.05, 0) is 54.8 Å². The van der Waals surface area contributed by atoms with E-state index in [2.05, 4.69) is 22.0 Å². The highest BCUT2D eigenvalue weighted by Gasteiger charge is 2.25. The molecular weight excluding hydrogens is 370 g/mol. The fraction of sp³-hybridized carbons (Fsp3) is 0.316. The van der Waals surface area contributed by atoms with Crippen LogP contribution < -0.4 is 14.4 Å². The minimum absolute atomic E-state index is 0.00826. The quantitative estimate of drug-likeness (QED) is 0.735. The summed E-state index contributed by atoms with van der Waals surface area (Å²) < 4.78 is 12.4. The Morgan fingerprint density at radius 1 is 1.00 bits per heavy atom. The Hall–Kier alpha value is -2.01. The molecule has 2 heterocycles. The second kappa shape index (κ2) is 6.48. The van der Waals surface area contributed by atoms with Crippen molar-refractivity contribution in [1.29, 1.82) is 0 Å². The molecule has 2 aromatic rings. The number of hydrogen-bond acceptors (Lipinski definition) is 3. The third-order valence-corrected chi connectivity index (χ3v) is 4.89. The van der Waals surface area contributed by atoms with Crippen molar-refractivity contribution in [2.75, 3.05) is 24.7 Å². The van der Waals surface area contributed by atoms with Gasteiger partial charge in [0.1, 0.15) is 0 Å². The summed E-state index contributed by atoms with van der Waals surface area (Å²) in [4.78, 5) is 14.9. The van der Waals surface area contributed by atoms with Gasteiger partial charge in [-0.1, -0.05) is 15.9 Å². The molecule has 0 aliphatic carbocycles. The Morgan fingerprint density at radius 2 is 1.83 bits per heavy atom. The van der Waals surface area contributed by atoms with Gasteiger partial charge in [-0.15, -0.1) is 0 Å². The third-order valence-electron chi connectivity index (χ3n) is 4.40. The summed E-state index contributed by atoms with van der Waals surface area (Å²) in [6.45, 7) is 2.00. The first kappa shape index (κ1) is 15.5. The molecule has 0 fully saturated rings. The van der Waals surface area contributed by atoms with E-state index in [1.807, 2.05) is 29.2 Å². The number of benzene rings is 2. The van der Waals surface area contributed by atoms with Crippen molar-refractivity contribution in [3.63, 3.8) is 0 Å². The summed E-state index contributed by atoms with van der Waals surface area (Å²) >= 11 is 3.51. The topological polar surface area (TPSA) is 38.8 Å². The Balaban J connectivity index is 1.66. The number of fused-ring (bicyclic) bond motifs is 2. The predicted octanol–water partition coefficient (Wildman–Crippen LogP) is 4.20. The van der Waals surface area contributed by atoms with Crippen LogP contribution >= 0.6 is 15.9 Å². The summed E-state index contributed by atoms with van der Waals surface area (Å²) in [5.74, 6) is 1.38. The summed E-state index contributed by atoms with van der Waals surface area (Å²) in [6, 6.07) is 11.6. The molecule has 2 aromatic carbocycles. The van der Waals surface area contributed by atoms with Crippen molar-refractivity contribution in [2.24, 2.45) is 0 Å². The number of nitrogens with zero attached hydrogens (tertiary/aromatic N) is 1. The van der Waals surface area contributed by atoms with E-state index < -0.39 is 0 Å². The smallest absolute Gasteiger partial charge is 0.258 e. The zero-order chi connectivity index (χ0) is 16.5. The molecule has 0 unspecified atom stereocenters. The molecule has 0 radical (unpaired) electrons. The van der Waals surface area contributed by atoms with Crippen LogP contribution in [0.5, 0.6) is 11.5 Å². The van der Waals surface area contributed by atoms with Gasteiger partial charge >= 0.3 is 0 Å². The highest BCUT2D eigenvalue weighted by atomic mass is 79.9. The molecule has 5 heteroatoms. The molecule has 0 spiro atoms. The van der Waals surface area contributed by atoms with Gasteiger partial charge < -0.3 is 14.4 Å². The van der Waals surface area contributed by atoms with E-state index in [1.165, 1.54) is 5.56 Å². The van der Waals surface area contributed by atoms with E-state index in [0.717, 1.165) is 36.0 Å². The van der Waals surface area contributed by atoms with Gasteiger partial charge in [-0.3, -0.25) is 4.79 Å². The van der Waals surface area contributed by atoms with Crippen molar-refractivity contribution in [3.05, 3.63) is 52.0 Å². The Bertz CT molecular complexity index is 790. The minimum Gasteiger partial charge on any atom is -0.490 e. The van der Waals surface area contributed by atoms with Crippen LogP contribution in [0.1, 0.15) is 28.8 Å². The van der Waals surface area contributed by atoms with Crippen LogP contribution in [-0.4, -0.2) is 25.7 Å². The van der Waals surface area contributed by atoms with Crippen LogP contribution in [-0.2, 0) is 6.42 Å². The second-order valence-electron chi connectivity index (χ2n) is 6.05. The first-order valence-corrected chi connectivity index (χ1v) is 9.01. The maximum Gasteiger partial charge on any atom is 0.258 e. The molecule has 0 saturated heterocycles. The molecule has 0 bridgehead atoms. The normalized spacial score (nSPS) is 16.3. The summed E-state index contributed by atoms with van der Waals surface area (Å²) in [5.41, 5.74) is 2.84. The number of aryl methyl sites for hydroxylation is 1. The first-order valence-electron chi connectivity index (χ1n) is 8.22. The molecule has 4 rings (SSSR count). The zero-order valence-electron chi connectivity index (χ0n) is 13.3. The van der Waals surface area contributed by atoms with Crippen molar-refractivity contribution in [1.82, 2.24) is 0 Å². The third kappa shape index (κ3) is 2.88. The monoisotopic (exact) mass is 387 g/mol. The van der Waals surface area contributed by atoms with Gasteiger partial charge in [0.15, 0.2) is 11.5 Å². The number of amides is 1. The number of ether oxygens (including phenoxy) is 2. The van der Waals surface area contributed by atoms with Gasteiger partial charge in [0.2, 0.25) is 0 Å². The predicted molar refractivity (Wildman–Crippen MR) is 96.2 cm³/mol. The van der Waals surface area contributed by atoms with Crippen LogP contribution in [0.4, 0.5) is 5.69 Å². The Kier molecular flexibility index (Phi) is 4.19. The zero-order valence-corrected chi connectivity index (χ0v) is 14.8. The lowest BCUT2D eigenvalue weighted by molar-refractivity contribution is 0.0984. The lowest BCUT2D eigenvalue weighted by Gasteiger charge is -2.30. The molecule has 124 valence electrons. The molecule has 0 atom stereocenters. The molecule has 24 heavy (non-hydrogen) atoms. The fourth-order valence-corrected chi connectivity index (χ4v) is 3.64. The van der Waals surface area contributed by atoms with E-state index in [9.17, 15) is 4.79 Å². The van der Waals surface area contributed by atoms with Gasteiger partial charge in [-0.25, -0.2) is 0 Å². The molecular formula is C19H18BrNO3. The maximum atomic E-state index is 13.0. The number of carbonyl (C=O) groups is 1. The molecule has 4 nitrogen and oxygen atoms in total. The van der Waals surface area contributed by atoms with Crippen LogP contribution in [0.3, 0.4) is 0 Å². The van der Waals surface area contributed by atoms with Crippen LogP contribution in [0.2, 0.25) is 0 Å². The molecule has 0 aromatic heterocycles. The summed E-state index contributed by atoms with van der Waals surface area (Å²) in [5, 5.41) is 0. The Labute approximate surface area is 149 Å². The van der Waals surface area contributed by atoms with Gasteiger partial charge in [0, 0.05) is 28.7 Å². The van der Waals surface area contributed by atoms with Crippen molar-refractivity contribution in [3.8, 4) is 11.5 Å². The van der Waals surface area contributed by atoms with Crippen molar-refractivity contribution >= 4 is 27.5 Å². The minimum atomic E-state index is 0.00826. The number of anilines is 1. The number of halogens is 1. The number of hydrogen-bond donors (Lipinski definition) is 0. The molecule has 2 aliphatic heterocycles. The van der Waals surface area contributed by atoms with Crippen LogP contribution in [0, 0.1) is 0 Å². The lowest BCUT2D eigenvalue weighted by atomic mass is 10.0. The lowest BCUT2D eigenvalue weighted by Crippen LogP contribution is -2.35. The average molecular weight is 388 g/mol. The molecule has 2 aliphatic rings. The fourth-order valence-electron chi connectivity index (χ4n) is 3.23. The summed E-state index contributed by atoms with van der Waals surface area (Å²) in [6.07, 6.45) is 2.83. The average Bonchev–Trinajstić information content (AvgIpc) is 2.85. The highest BCUT2D eigenvalue weighted by Crippen LogP contribution is 2.34. The maximum absolute atomic E-state index is 13.0.